The van der Waals surface area contributed by atoms with Crippen LogP contribution in [0.25, 0.3) is 11.5 Å². The number of hydrogen-bond donors (Lipinski definition) is 1. The van der Waals surface area contributed by atoms with Crippen LogP contribution in [0.2, 0.25) is 0 Å². The Morgan fingerprint density at radius 3 is 3.06 bits per heavy atom. The molecule has 0 atom stereocenters. The summed E-state index contributed by atoms with van der Waals surface area (Å²) in [6.45, 7) is 3.01. The van der Waals surface area contributed by atoms with Crippen molar-refractivity contribution in [3.05, 3.63) is 29.8 Å². The van der Waals surface area contributed by atoms with Gasteiger partial charge in [-0.15, -0.1) is 0 Å². The Morgan fingerprint density at radius 2 is 2.28 bits per heavy atom. The summed E-state index contributed by atoms with van der Waals surface area (Å²) >= 11 is 0. The van der Waals surface area contributed by atoms with E-state index in [-0.39, 0.29) is 17.2 Å². The van der Waals surface area contributed by atoms with E-state index < -0.39 is 5.82 Å². The highest BCUT2D eigenvalue weighted by atomic mass is 19.1. The zero-order valence-corrected chi connectivity index (χ0v) is 9.89. The van der Waals surface area contributed by atoms with Crippen molar-refractivity contribution >= 4 is 0 Å². The zero-order valence-electron chi connectivity index (χ0n) is 9.89. The first-order valence-corrected chi connectivity index (χ1v) is 5.60. The van der Waals surface area contributed by atoms with Crippen LogP contribution in [-0.2, 0) is 11.2 Å². The fraction of sp³-hybridized carbons (Fsp3) is 0.333. The van der Waals surface area contributed by atoms with Gasteiger partial charge in [0.2, 0.25) is 0 Å². The topological polar surface area (TPSA) is 68.4 Å². The Hall–Kier alpha value is -1.95. The van der Waals surface area contributed by atoms with Gasteiger partial charge < -0.3 is 14.4 Å². The van der Waals surface area contributed by atoms with Gasteiger partial charge >= 0.3 is 0 Å². The molecule has 1 heterocycles. The van der Waals surface area contributed by atoms with Gasteiger partial charge in [-0.25, -0.2) is 4.39 Å². The molecule has 2 aromatic rings. The van der Waals surface area contributed by atoms with Gasteiger partial charge in [-0.1, -0.05) is 5.16 Å². The van der Waals surface area contributed by atoms with Crippen LogP contribution >= 0.6 is 0 Å². The molecule has 1 aromatic heterocycles. The number of benzene rings is 1. The third-order valence-corrected chi connectivity index (χ3v) is 2.33. The van der Waals surface area contributed by atoms with Crippen molar-refractivity contribution in [2.24, 2.45) is 0 Å². The lowest BCUT2D eigenvalue weighted by Crippen LogP contribution is -1.99. The SMILES string of the molecule is CCOCCc1noc(-c2cc(F)ccc2O)n1. The molecule has 0 aliphatic rings. The van der Waals surface area contributed by atoms with Crippen LogP contribution in [-0.4, -0.2) is 28.5 Å². The quantitative estimate of drug-likeness (QED) is 0.826. The Labute approximate surface area is 103 Å². The van der Waals surface area contributed by atoms with E-state index in [1.165, 1.54) is 6.07 Å². The average molecular weight is 252 g/mol. The molecule has 0 saturated carbocycles. The molecule has 96 valence electrons. The number of aromatic nitrogens is 2. The van der Waals surface area contributed by atoms with Gasteiger partial charge in [0.15, 0.2) is 5.82 Å². The van der Waals surface area contributed by atoms with Crippen molar-refractivity contribution in [3.8, 4) is 17.2 Å². The van der Waals surface area contributed by atoms with E-state index in [0.29, 0.717) is 25.5 Å². The van der Waals surface area contributed by atoms with E-state index in [4.69, 9.17) is 9.26 Å². The van der Waals surface area contributed by atoms with Crippen LogP contribution in [0.1, 0.15) is 12.7 Å². The van der Waals surface area contributed by atoms with Crippen molar-refractivity contribution in [1.29, 1.82) is 0 Å². The fourth-order valence-electron chi connectivity index (χ4n) is 1.45. The molecule has 0 amide bonds. The third kappa shape index (κ3) is 2.84. The second-order valence-corrected chi connectivity index (χ2v) is 3.62. The van der Waals surface area contributed by atoms with Gasteiger partial charge in [0, 0.05) is 13.0 Å². The van der Waals surface area contributed by atoms with Crippen LogP contribution in [0.3, 0.4) is 0 Å². The van der Waals surface area contributed by atoms with Gasteiger partial charge in [0.1, 0.15) is 11.6 Å². The minimum absolute atomic E-state index is 0.0958. The van der Waals surface area contributed by atoms with Crippen LogP contribution in [0.5, 0.6) is 5.75 Å². The highest BCUT2D eigenvalue weighted by Crippen LogP contribution is 2.28. The minimum Gasteiger partial charge on any atom is -0.507 e. The molecule has 18 heavy (non-hydrogen) atoms. The zero-order chi connectivity index (χ0) is 13.0. The molecule has 2 rings (SSSR count). The summed E-state index contributed by atoms with van der Waals surface area (Å²) in [6, 6.07) is 3.55. The summed E-state index contributed by atoms with van der Waals surface area (Å²) in [4.78, 5) is 4.07. The maximum Gasteiger partial charge on any atom is 0.261 e. The van der Waals surface area contributed by atoms with Gasteiger partial charge in [-0.3, -0.25) is 0 Å². The molecule has 0 bridgehead atoms. The van der Waals surface area contributed by atoms with Gasteiger partial charge in [-0.05, 0) is 25.1 Å². The second-order valence-electron chi connectivity index (χ2n) is 3.62. The molecule has 0 saturated heterocycles. The summed E-state index contributed by atoms with van der Waals surface area (Å²) in [7, 11) is 0. The summed E-state index contributed by atoms with van der Waals surface area (Å²) in [5, 5.41) is 13.3. The normalized spacial score (nSPS) is 10.8. The molecule has 5 nitrogen and oxygen atoms in total. The van der Waals surface area contributed by atoms with Crippen molar-refractivity contribution in [2.45, 2.75) is 13.3 Å². The Bertz CT molecular complexity index is 528. The first-order valence-electron chi connectivity index (χ1n) is 5.60. The number of hydrogen-bond acceptors (Lipinski definition) is 5. The maximum absolute atomic E-state index is 13.1. The second kappa shape index (κ2) is 5.59. The van der Waals surface area contributed by atoms with Crippen LogP contribution in [0, 0.1) is 5.82 Å². The van der Waals surface area contributed by atoms with Gasteiger partial charge in [0.25, 0.3) is 5.89 Å². The number of phenols is 1. The van der Waals surface area contributed by atoms with Crippen molar-refractivity contribution in [2.75, 3.05) is 13.2 Å². The highest BCUT2D eigenvalue weighted by molar-refractivity contribution is 5.61. The maximum atomic E-state index is 13.1. The summed E-state index contributed by atoms with van der Waals surface area (Å²) in [6.07, 6.45) is 0.507. The first-order chi connectivity index (χ1) is 8.70. The Kier molecular flexibility index (Phi) is 3.88. The lowest BCUT2D eigenvalue weighted by Gasteiger charge is -1.98. The molecular formula is C12H13FN2O3. The van der Waals surface area contributed by atoms with Crippen molar-refractivity contribution in [1.82, 2.24) is 10.1 Å². The molecule has 0 spiro atoms. The molecule has 0 radical (unpaired) electrons. The third-order valence-electron chi connectivity index (χ3n) is 2.33. The summed E-state index contributed by atoms with van der Waals surface area (Å²) < 4.78 is 23.2. The molecule has 0 fully saturated rings. The number of halogens is 1. The number of phenolic OH excluding ortho intramolecular Hbond substituents is 1. The smallest absolute Gasteiger partial charge is 0.261 e. The highest BCUT2D eigenvalue weighted by Gasteiger charge is 2.13. The predicted octanol–water partition coefficient (Wildman–Crippen LogP) is 2.16. The summed E-state index contributed by atoms with van der Waals surface area (Å²) in [5.41, 5.74) is 0.185. The van der Waals surface area contributed by atoms with Crippen molar-refractivity contribution < 1.29 is 18.8 Å². The molecule has 1 aromatic carbocycles. The number of ether oxygens (including phenoxy) is 1. The van der Waals surface area contributed by atoms with Crippen molar-refractivity contribution in [3.63, 3.8) is 0 Å². The van der Waals surface area contributed by atoms with E-state index in [2.05, 4.69) is 10.1 Å². The molecule has 6 heteroatoms. The first kappa shape index (κ1) is 12.5. The molecule has 0 aliphatic heterocycles. The summed E-state index contributed by atoms with van der Waals surface area (Å²) in [5.74, 6) is -0.0196. The lowest BCUT2D eigenvalue weighted by atomic mass is 10.2. The molecule has 0 unspecified atom stereocenters. The Morgan fingerprint density at radius 1 is 1.44 bits per heavy atom. The van der Waals surface area contributed by atoms with Crippen LogP contribution < -0.4 is 0 Å². The molecule has 0 aliphatic carbocycles. The van der Waals surface area contributed by atoms with Gasteiger partial charge in [0.05, 0.1) is 12.2 Å². The van der Waals surface area contributed by atoms with E-state index in [9.17, 15) is 9.50 Å². The molecular weight excluding hydrogens is 239 g/mol. The van der Waals surface area contributed by atoms with E-state index >= 15 is 0 Å². The number of nitrogens with zero attached hydrogens (tertiary/aromatic N) is 2. The number of rotatable bonds is 5. The fourth-order valence-corrected chi connectivity index (χ4v) is 1.45. The standard InChI is InChI=1S/C12H13FN2O3/c1-2-17-6-5-11-14-12(18-15-11)9-7-8(13)3-4-10(9)16/h3-4,7,16H,2,5-6H2,1H3. The number of aromatic hydroxyl groups is 1. The molecule has 1 N–H and O–H groups in total. The van der Waals surface area contributed by atoms with Crippen LogP contribution in [0.15, 0.2) is 22.7 Å². The Balaban J connectivity index is 2.16. The largest absolute Gasteiger partial charge is 0.507 e. The minimum atomic E-state index is -0.475. The van der Waals surface area contributed by atoms with E-state index in [1.54, 1.807) is 0 Å². The van der Waals surface area contributed by atoms with Crippen LogP contribution in [0.4, 0.5) is 4.39 Å². The lowest BCUT2D eigenvalue weighted by molar-refractivity contribution is 0.149. The van der Waals surface area contributed by atoms with E-state index in [0.717, 1.165) is 12.1 Å². The van der Waals surface area contributed by atoms with E-state index in [1.807, 2.05) is 6.92 Å². The predicted molar refractivity (Wildman–Crippen MR) is 61.6 cm³/mol. The monoisotopic (exact) mass is 252 g/mol. The average Bonchev–Trinajstić information content (AvgIpc) is 2.81. The van der Waals surface area contributed by atoms with Gasteiger partial charge in [-0.2, -0.15) is 4.98 Å².